The molecule has 3 N–H and O–H groups in total. The normalized spacial score (nSPS) is 27.1. The minimum Gasteiger partial charge on any atom is -0.349 e. The average molecular weight is 353 g/mol. The Bertz CT molecular complexity index is 478. The highest BCUT2D eigenvalue weighted by Crippen LogP contribution is 2.38. The average Bonchev–Trinajstić information content (AvgIpc) is 2.49. The molecule has 1 aliphatic rings. The number of hydrogen-bond acceptors (Lipinski definition) is 2. The van der Waals surface area contributed by atoms with Crippen molar-refractivity contribution in [3.8, 4) is 0 Å². The fourth-order valence-electron chi connectivity index (χ4n) is 3.02. The smallest absolute Gasteiger partial charge is 0.227 e. The Balaban J connectivity index is 2.03. The van der Waals surface area contributed by atoms with E-state index in [-0.39, 0.29) is 17.4 Å². The van der Waals surface area contributed by atoms with Crippen LogP contribution in [0.3, 0.4) is 0 Å². The number of amides is 1. The molecule has 1 saturated carbocycles. The van der Waals surface area contributed by atoms with Crippen molar-refractivity contribution in [1.29, 1.82) is 0 Å². The molecular weight excluding hydrogens is 328 g/mol. The van der Waals surface area contributed by atoms with Gasteiger partial charge in [0.2, 0.25) is 5.91 Å². The molecule has 1 unspecified atom stereocenters. The Morgan fingerprint density at radius 2 is 1.95 bits per heavy atom. The van der Waals surface area contributed by atoms with Crippen LogP contribution in [0.15, 0.2) is 28.7 Å². The van der Waals surface area contributed by atoms with Gasteiger partial charge in [0.05, 0.1) is 11.5 Å². The zero-order valence-corrected chi connectivity index (χ0v) is 14.4. The van der Waals surface area contributed by atoms with Crippen LogP contribution in [0.5, 0.6) is 0 Å². The number of rotatable bonds is 4. The van der Waals surface area contributed by atoms with Crippen molar-refractivity contribution in [3.05, 3.63) is 34.3 Å². The lowest BCUT2D eigenvalue weighted by molar-refractivity contribution is -0.133. The van der Waals surface area contributed by atoms with Gasteiger partial charge in [0.15, 0.2) is 0 Å². The van der Waals surface area contributed by atoms with Gasteiger partial charge < -0.3 is 11.1 Å². The summed E-state index contributed by atoms with van der Waals surface area (Å²) in [6, 6.07) is 8.08. The third-order valence-electron chi connectivity index (χ3n) is 4.82. The summed E-state index contributed by atoms with van der Waals surface area (Å²) in [5.74, 6) is 0.827. The van der Waals surface area contributed by atoms with Gasteiger partial charge in [-0.05, 0) is 56.2 Å². The highest BCUT2D eigenvalue weighted by atomic mass is 79.9. The molecule has 4 heteroatoms. The predicted octanol–water partition coefficient (Wildman–Crippen LogP) is 3.78. The van der Waals surface area contributed by atoms with Crippen molar-refractivity contribution in [2.75, 3.05) is 6.54 Å². The van der Waals surface area contributed by atoms with Crippen molar-refractivity contribution < 1.29 is 4.79 Å². The van der Waals surface area contributed by atoms with E-state index in [2.05, 4.69) is 28.2 Å². The molecular formula is C17H25BrN2O. The molecule has 2 rings (SSSR count). The Labute approximate surface area is 135 Å². The highest BCUT2D eigenvalue weighted by molar-refractivity contribution is 9.10. The zero-order chi connectivity index (χ0) is 15.5. The molecule has 1 aromatic carbocycles. The Morgan fingerprint density at radius 3 is 2.48 bits per heavy atom. The molecule has 1 fully saturated rings. The summed E-state index contributed by atoms with van der Waals surface area (Å²) >= 11 is 3.43. The van der Waals surface area contributed by atoms with Crippen molar-refractivity contribution in [1.82, 2.24) is 5.32 Å². The standard InChI is InChI=1S/C17H25BrN2O/c1-12-7-9-17(11-19,10-8-12)16(21)20-13(2)14-3-5-15(18)6-4-14/h3-6,12-13H,7-11,19H2,1-2H3,(H,20,21). The molecule has 0 radical (unpaired) electrons. The summed E-state index contributed by atoms with van der Waals surface area (Å²) in [7, 11) is 0. The molecule has 0 aliphatic heterocycles. The third-order valence-corrected chi connectivity index (χ3v) is 5.35. The summed E-state index contributed by atoms with van der Waals surface area (Å²) in [6.45, 7) is 4.72. The first-order chi connectivity index (χ1) is 9.97. The fourth-order valence-corrected chi connectivity index (χ4v) is 3.29. The number of nitrogens with one attached hydrogen (secondary N) is 1. The van der Waals surface area contributed by atoms with Gasteiger partial charge >= 0.3 is 0 Å². The van der Waals surface area contributed by atoms with E-state index in [1.165, 1.54) is 0 Å². The first kappa shape index (κ1) is 16.5. The number of halogens is 1. The maximum absolute atomic E-state index is 12.7. The second-order valence-corrected chi connectivity index (χ2v) is 7.33. The van der Waals surface area contributed by atoms with Gasteiger partial charge in [-0.2, -0.15) is 0 Å². The lowest BCUT2D eigenvalue weighted by Crippen LogP contribution is -2.48. The summed E-state index contributed by atoms with van der Waals surface area (Å²) < 4.78 is 1.05. The maximum Gasteiger partial charge on any atom is 0.227 e. The van der Waals surface area contributed by atoms with Crippen LogP contribution in [0.1, 0.15) is 51.1 Å². The molecule has 0 saturated heterocycles. The summed E-state index contributed by atoms with van der Waals surface area (Å²) in [5.41, 5.74) is 6.70. The van der Waals surface area contributed by atoms with E-state index in [0.29, 0.717) is 12.5 Å². The van der Waals surface area contributed by atoms with Crippen LogP contribution in [0.4, 0.5) is 0 Å². The van der Waals surface area contributed by atoms with Crippen LogP contribution < -0.4 is 11.1 Å². The number of hydrogen-bond donors (Lipinski definition) is 2. The van der Waals surface area contributed by atoms with E-state index in [4.69, 9.17) is 5.73 Å². The molecule has 0 aromatic heterocycles. The minimum absolute atomic E-state index is 0.00775. The summed E-state index contributed by atoms with van der Waals surface area (Å²) in [5, 5.41) is 3.16. The molecule has 0 bridgehead atoms. The van der Waals surface area contributed by atoms with Crippen LogP contribution in [-0.2, 0) is 4.79 Å². The molecule has 3 nitrogen and oxygen atoms in total. The second kappa shape index (κ2) is 6.93. The highest BCUT2D eigenvalue weighted by Gasteiger charge is 2.40. The van der Waals surface area contributed by atoms with Gasteiger partial charge in [-0.25, -0.2) is 0 Å². The van der Waals surface area contributed by atoms with Gasteiger partial charge in [0.25, 0.3) is 0 Å². The van der Waals surface area contributed by atoms with E-state index >= 15 is 0 Å². The number of benzene rings is 1. The molecule has 1 atom stereocenters. The summed E-state index contributed by atoms with van der Waals surface area (Å²) in [4.78, 5) is 12.7. The van der Waals surface area contributed by atoms with Gasteiger partial charge in [-0.15, -0.1) is 0 Å². The van der Waals surface area contributed by atoms with Crippen LogP contribution in [0.25, 0.3) is 0 Å². The molecule has 0 spiro atoms. The van der Waals surface area contributed by atoms with Crippen molar-refractivity contribution in [3.63, 3.8) is 0 Å². The summed E-state index contributed by atoms with van der Waals surface area (Å²) in [6.07, 6.45) is 4.00. The second-order valence-electron chi connectivity index (χ2n) is 6.41. The van der Waals surface area contributed by atoms with Gasteiger partial charge in [0, 0.05) is 11.0 Å². The maximum atomic E-state index is 12.7. The zero-order valence-electron chi connectivity index (χ0n) is 12.9. The molecule has 0 heterocycles. The molecule has 1 amide bonds. The van der Waals surface area contributed by atoms with Crippen molar-refractivity contribution in [2.45, 2.75) is 45.6 Å². The van der Waals surface area contributed by atoms with E-state index in [9.17, 15) is 4.79 Å². The molecule has 1 aliphatic carbocycles. The van der Waals surface area contributed by atoms with Crippen molar-refractivity contribution in [2.24, 2.45) is 17.1 Å². The lowest BCUT2D eigenvalue weighted by Gasteiger charge is -2.38. The quantitative estimate of drug-likeness (QED) is 0.866. The van der Waals surface area contributed by atoms with E-state index < -0.39 is 0 Å². The Morgan fingerprint density at radius 1 is 1.38 bits per heavy atom. The lowest BCUT2D eigenvalue weighted by atomic mass is 9.70. The fraction of sp³-hybridized carbons (Fsp3) is 0.588. The monoisotopic (exact) mass is 352 g/mol. The minimum atomic E-state index is -0.365. The van der Waals surface area contributed by atoms with Crippen LogP contribution in [-0.4, -0.2) is 12.5 Å². The molecule has 116 valence electrons. The third kappa shape index (κ3) is 3.86. The number of nitrogens with two attached hydrogens (primary N) is 1. The van der Waals surface area contributed by atoms with Gasteiger partial charge in [-0.3, -0.25) is 4.79 Å². The first-order valence-electron chi connectivity index (χ1n) is 7.73. The van der Waals surface area contributed by atoms with Gasteiger partial charge in [-0.1, -0.05) is 35.0 Å². The number of carbonyl (C=O) groups is 1. The van der Waals surface area contributed by atoms with E-state index in [1.807, 2.05) is 31.2 Å². The van der Waals surface area contributed by atoms with E-state index in [0.717, 1.165) is 35.7 Å². The molecule has 1 aromatic rings. The SMILES string of the molecule is CC1CCC(CN)(C(=O)NC(C)c2ccc(Br)cc2)CC1. The number of carbonyl (C=O) groups excluding carboxylic acids is 1. The predicted molar refractivity (Wildman–Crippen MR) is 89.8 cm³/mol. The Kier molecular flexibility index (Phi) is 5.44. The van der Waals surface area contributed by atoms with Crippen LogP contribution in [0.2, 0.25) is 0 Å². The van der Waals surface area contributed by atoms with E-state index in [1.54, 1.807) is 0 Å². The first-order valence-corrected chi connectivity index (χ1v) is 8.52. The van der Waals surface area contributed by atoms with Gasteiger partial charge in [0.1, 0.15) is 0 Å². The van der Waals surface area contributed by atoms with Crippen molar-refractivity contribution >= 4 is 21.8 Å². The van der Waals surface area contributed by atoms with Crippen LogP contribution >= 0.6 is 15.9 Å². The molecule has 21 heavy (non-hydrogen) atoms. The topological polar surface area (TPSA) is 55.1 Å². The largest absolute Gasteiger partial charge is 0.349 e. The Hall–Kier alpha value is -0.870. The van der Waals surface area contributed by atoms with Crippen LogP contribution in [0, 0.1) is 11.3 Å².